The molecule has 11 heteroatoms. The fourth-order valence-electron chi connectivity index (χ4n) is 3.87. The lowest BCUT2D eigenvalue weighted by atomic mass is 10.1. The van der Waals surface area contributed by atoms with Gasteiger partial charge in [0.2, 0.25) is 0 Å². The summed E-state index contributed by atoms with van der Waals surface area (Å²) in [5.41, 5.74) is 5.34. The van der Waals surface area contributed by atoms with E-state index >= 15 is 0 Å². The number of hydrogen-bond donors (Lipinski definition) is 1. The molecule has 182 valence electrons. The highest BCUT2D eigenvalue weighted by Crippen LogP contribution is 2.30. The van der Waals surface area contributed by atoms with Crippen molar-refractivity contribution in [1.29, 1.82) is 0 Å². The molecule has 0 unspecified atom stereocenters. The summed E-state index contributed by atoms with van der Waals surface area (Å²) in [6.45, 7) is 0. The predicted molar refractivity (Wildman–Crippen MR) is 154 cm³/mol. The van der Waals surface area contributed by atoms with Gasteiger partial charge in [0.25, 0.3) is 5.91 Å². The third-order valence-electron chi connectivity index (χ3n) is 5.61. The molecule has 6 aromatic rings. The Labute approximate surface area is 234 Å². The van der Waals surface area contributed by atoms with E-state index in [0.29, 0.717) is 22.2 Å². The number of thiazole rings is 1. The first-order valence-electron chi connectivity index (χ1n) is 11.1. The second kappa shape index (κ2) is 9.69. The number of aryl methyl sites for hydroxylation is 1. The fraction of sp³-hybridized carbons (Fsp3) is 0.0385. The van der Waals surface area contributed by atoms with E-state index in [1.54, 1.807) is 32.9 Å². The van der Waals surface area contributed by atoms with Crippen LogP contribution in [0.15, 0.2) is 78.4 Å². The summed E-state index contributed by atoms with van der Waals surface area (Å²) in [5, 5.41) is 15.3. The van der Waals surface area contributed by atoms with Crippen LogP contribution in [-0.4, -0.2) is 35.3 Å². The van der Waals surface area contributed by atoms with E-state index in [1.165, 1.54) is 11.3 Å². The van der Waals surface area contributed by atoms with Crippen molar-refractivity contribution in [1.82, 2.24) is 29.4 Å². The number of fused-ring (bicyclic) bond motifs is 1. The monoisotopic (exact) mass is 637 g/mol. The van der Waals surface area contributed by atoms with E-state index in [4.69, 9.17) is 16.7 Å². The van der Waals surface area contributed by atoms with E-state index in [0.717, 1.165) is 36.7 Å². The van der Waals surface area contributed by atoms with Crippen molar-refractivity contribution in [2.75, 3.05) is 5.32 Å². The summed E-state index contributed by atoms with van der Waals surface area (Å²) >= 11 is 9.64. The van der Waals surface area contributed by atoms with Gasteiger partial charge in [-0.05, 0) is 59.0 Å². The van der Waals surface area contributed by atoms with Gasteiger partial charge in [-0.15, -0.1) is 11.3 Å². The first kappa shape index (κ1) is 23.8. The molecule has 0 aliphatic carbocycles. The van der Waals surface area contributed by atoms with Crippen molar-refractivity contribution in [2.45, 2.75) is 0 Å². The third kappa shape index (κ3) is 4.87. The molecule has 1 N–H and O–H groups in total. The third-order valence-corrected chi connectivity index (χ3v) is 7.47. The molecule has 0 atom stereocenters. The van der Waals surface area contributed by atoms with Crippen molar-refractivity contribution in [2.24, 2.45) is 7.05 Å². The van der Waals surface area contributed by atoms with Gasteiger partial charge in [-0.3, -0.25) is 9.48 Å². The van der Waals surface area contributed by atoms with E-state index < -0.39 is 0 Å². The fourth-order valence-corrected chi connectivity index (χ4v) is 5.16. The van der Waals surface area contributed by atoms with Crippen LogP contribution in [0, 0.1) is 3.57 Å². The molecule has 1 amide bonds. The number of imidazole rings is 1. The number of carbonyl (C=O) groups is 1. The number of halogens is 2. The molecule has 4 heterocycles. The maximum Gasteiger partial charge on any atom is 0.276 e. The number of hydrogen-bond acceptors (Lipinski definition) is 6. The number of aromatic nitrogens is 6. The average molecular weight is 638 g/mol. The molecule has 37 heavy (non-hydrogen) atoms. The topological polar surface area (TPSA) is 90.0 Å². The molecule has 0 spiro atoms. The smallest absolute Gasteiger partial charge is 0.276 e. The van der Waals surface area contributed by atoms with Crippen LogP contribution in [0.3, 0.4) is 0 Å². The standard InChI is InChI=1S/C26H17ClIN7OS/c1-34-12-19(24(33-34)15-4-8-18(28)9-5-15)20-10-11-23-30-22(13-35(23)32-20)31-25(36)21-14-37-26(29-21)16-2-6-17(27)7-3-16/h2-14H,1H3,(H,31,36). The molecule has 0 aliphatic heterocycles. The summed E-state index contributed by atoms with van der Waals surface area (Å²) < 4.78 is 4.58. The second-order valence-corrected chi connectivity index (χ2v) is 10.8. The molecule has 0 saturated heterocycles. The quantitative estimate of drug-likeness (QED) is 0.220. The van der Waals surface area contributed by atoms with Crippen molar-refractivity contribution in [3.05, 3.63) is 92.7 Å². The summed E-state index contributed by atoms with van der Waals surface area (Å²) in [4.78, 5) is 21.8. The van der Waals surface area contributed by atoms with E-state index in [-0.39, 0.29) is 5.91 Å². The Morgan fingerprint density at radius 1 is 0.946 bits per heavy atom. The Kier molecular flexibility index (Phi) is 6.22. The van der Waals surface area contributed by atoms with Crippen molar-refractivity contribution >= 4 is 62.9 Å². The molecular formula is C26H17ClIN7OS. The summed E-state index contributed by atoms with van der Waals surface area (Å²) in [6.07, 6.45) is 3.63. The summed E-state index contributed by atoms with van der Waals surface area (Å²) in [5.74, 6) is 0.0492. The number of nitrogens with zero attached hydrogens (tertiary/aromatic N) is 6. The van der Waals surface area contributed by atoms with Crippen molar-refractivity contribution < 1.29 is 4.79 Å². The Balaban J connectivity index is 1.25. The molecule has 8 nitrogen and oxygen atoms in total. The number of anilines is 1. The van der Waals surface area contributed by atoms with Crippen LogP contribution in [0.2, 0.25) is 5.02 Å². The van der Waals surface area contributed by atoms with Crippen LogP contribution in [-0.2, 0) is 7.05 Å². The van der Waals surface area contributed by atoms with E-state index in [1.807, 2.05) is 49.6 Å². The maximum absolute atomic E-state index is 12.8. The minimum atomic E-state index is -0.339. The van der Waals surface area contributed by atoms with Gasteiger partial charge in [-0.25, -0.2) is 14.5 Å². The zero-order chi connectivity index (χ0) is 25.5. The lowest BCUT2D eigenvalue weighted by Crippen LogP contribution is -2.12. The van der Waals surface area contributed by atoms with Gasteiger partial charge < -0.3 is 5.32 Å². The van der Waals surface area contributed by atoms with Crippen LogP contribution >= 0.6 is 45.5 Å². The normalized spacial score (nSPS) is 11.2. The Bertz CT molecular complexity index is 1760. The molecule has 4 aromatic heterocycles. The minimum absolute atomic E-state index is 0.318. The first-order valence-corrected chi connectivity index (χ1v) is 13.5. The molecule has 0 saturated carbocycles. The Morgan fingerprint density at radius 2 is 1.70 bits per heavy atom. The van der Waals surface area contributed by atoms with Crippen molar-refractivity contribution in [3.63, 3.8) is 0 Å². The van der Waals surface area contributed by atoms with Crippen molar-refractivity contribution in [3.8, 4) is 33.1 Å². The molecule has 6 rings (SSSR count). The highest BCUT2D eigenvalue weighted by Gasteiger charge is 2.17. The first-order chi connectivity index (χ1) is 17.9. The predicted octanol–water partition coefficient (Wildman–Crippen LogP) is 6.43. The molecule has 0 radical (unpaired) electrons. The highest BCUT2D eigenvalue weighted by atomic mass is 127. The van der Waals surface area contributed by atoms with Crippen LogP contribution in [0.25, 0.3) is 38.7 Å². The summed E-state index contributed by atoms with van der Waals surface area (Å²) in [7, 11) is 1.89. The number of benzene rings is 2. The van der Waals surface area contributed by atoms with Gasteiger partial charge >= 0.3 is 0 Å². The van der Waals surface area contributed by atoms with Gasteiger partial charge in [0.1, 0.15) is 16.4 Å². The zero-order valence-corrected chi connectivity index (χ0v) is 23.0. The van der Waals surface area contributed by atoms with Gasteiger partial charge in [0.05, 0.1) is 11.9 Å². The van der Waals surface area contributed by atoms with Crippen LogP contribution < -0.4 is 5.32 Å². The number of carbonyl (C=O) groups excluding carboxylic acids is 1. The van der Waals surface area contributed by atoms with Gasteiger partial charge in [0.15, 0.2) is 11.5 Å². The number of nitrogens with one attached hydrogen (secondary N) is 1. The summed E-state index contributed by atoms with van der Waals surface area (Å²) in [6, 6.07) is 19.3. The minimum Gasteiger partial charge on any atom is -0.304 e. The largest absolute Gasteiger partial charge is 0.304 e. The van der Waals surface area contributed by atoms with Gasteiger partial charge in [0, 0.05) is 43.9 Å². The zero-order valence-electron chi connectivity index (χ0n) is 19.3. The lowest BCUT2D eigenvalue weighted by molar-refractivity contribution is 0.102. The lowest BCUT2D eigenvalue weighted by Gasteiger charge is -2.03. The Morgan fingerprint density at radius 3 is 2.49 bits per heavy atom. The molecule has 2 aromatic carbocycles. The van der Waals surface area contributed by atoms with Gasteiger partial charge in [-0.2, -0.15) is 10.2 Å². The molecular weight excluding hydrogens is 621 g/mol. The van der Waals surface area contributed by atoms with Crippen LogP contribution in [0.5, 0.6) is 0 Å². The SMILES string of the molecule is Cn1cc(-c2ccc3nc(NC(=O)c4csc(-c5ccc(Cl)cc5)n4)cn3n2)c(-c2ccc(I)cc2)n1. The Hall–Kier alpha value is -3.61. The number of rotatable bonds is 5. The van der Waals surface area contributed by atoms with E-state index in [2.05, 4.69) is 55.1 Å². The molecule has 0 bridgehead atoms. The highest BCUT2D eigenvalue weighted by molar-refractivity contribution is 14.1. The molecule has 0 aliphatic rings. The number of amides is 1. The average Bonchev–Trinajstić information content (AvgIpc) is 3.62. The second-order valence-electron chi connectivity index (χ2n) is 8.22. The molecule has 0 fully saturated rings. The maximum atomic E-state index is 12.8. The van der Waals surface area contributed by atoms with Gasteiger partial charge in [-0.1, -0.05) is 35.9 Å². The van der Waals surface area contributed by atoms with Crippen LogP contribution in [0.1, 0.15) is 10.5 Å². The van der Waals surface area contributed by atoms with Crippen LogP contribution in [0.4, 0.5) is 5.82 Å². The van der Waals surface area contributed by atoms with E-state index in [9.17, 15) is 4.79 Å².